The van der Waals surface area contributed by atoms with E-state index in [0.29, 0.717) is 51.3 Å². The summed E-state index contributed by atoms with van der Waals surface area (Å²) in [5.41, 5.74) is 4.83. The molecule has 1 aromatic carbocycles. The van der Waals surface area contributed by atoms with Crippen LogP contribution in [0.15, 0.2) is 47.3 Å². The van der Waals surface area contributed by atoms with Gasteiger partial charge >= 0.3 is 11.9 Å². The topological polar surface area (TPSA) is 314 Å². The Morgan fingerprint density at radius 2 is 0.913 bits per heavy atom. The summed E-state index contributed by atoms with van der Waals surface area (Å²) in [6.45, 7) is 0.369. The van der Waals surface area contributed by atoms with Crippen molar-refractivity contribution in [1.82, 2.24) is 52.8 Å². The Bertz CT molecular complexity index is 1200. The first-order valence-electron chi connectivity index (χ1n) is 12.4. The third-order valence-electron chi connectivity index (χ3n) is 5.64. The Morgan fingerprint density at radius 1 is 0.565 bits per heavy atom. The number of rotatable bonds is 18. The third kappa shape index (κ3) is 10.4. The molecule has 22 nitrogen and oxygen atoms in total. The second-order valence-corrected chi connectivity index (χ2v) is 8.12. The van der Waals surface area contributed by atoms with E-state index in [1.54, 1.807) is 0 Å². The van der Waals surface area contributed by atoms with Crippen LogP contribution in [-0.4, -0.2) is 109 Å². The fourth-order valence-corrected chi connectivity index (χ4v) is 3.89. The summed E-state index contributed by atoms with van der Waals surface area (Å²) in [7, 11) is 0. The number of nitrogens with zero attached hydrogens (tertiary/aromatic N) is 2. The largest absolute Gasteiger partial charge is 0.478 e. The molecule has 2 aliphatic rings. The van der Waals surface area contributed by atoms with Crippen LogP contribution in [0, 0.1) is 0 Å². The van der Waals surface area contributed by atoms with Crippen molar-refractivity contribution >= 4 is 63.2 Å². The summed E-state index contributed by atoms with van der Waals surface area (Å²) >= 11 is 0. The van der Waals surface area contributed by atoms with Crippen molar-refractivity contribution in [1.29, 1.82) is 0 Å². The van der Waals surface area contributed by atoms with Gasteiger partial charge in [0.25, 0.3) is 0 Å². The third-order valence-corrected chi connectivity index (χ3v) is 5.64. The van der Waals surface area contributed by atoms with Gasteiger partial charge in [-0.15, -0.1) is 0 Å². The van der Waals surface area contributed by atoms with E-state index in [2.05, 4.69) is 42.8 Å². The molecule has 2 unspecified atom stereocenters. The summed E-state index contributed by atoms with van der Waals surface area (Å²) < 4.78 is 0. The van der Waals surface area contributed by atoms with Crippen molar-refractivity contribution in [3.63, 3.8) is 0 Å². The molecule has 10 N–H and O–H groups in total. The molecule has 2 aliphatic heterocycles. The number of hydrogen-bond donors (Lipinski definition) is 10. The van der Waals surface area contributed by atoms with Crippen LogP contribution in [0.4, 0.5) is 0 Å². The lowest BCUT2D eigenvalue weighted by Gasteiger charge is -2.19. The number of carboxylic acids is 2. The quantitative estimate of drug-likeness (QED) is 0.0665. The number of carbonyl (C=O) groups excluding carboxylic acids is 8. The van der Waals surface area contributed by atoms with Crippen molar-refractivity contribution < 1.29 is 58.2 Å². The fraction of sp³-hybridized carbons (Fsp3) is 0.167. The van der Waals surface area contributed by atoms with Crippen molar-refractivity contribution in [3.05, 3.63) is 58.4 Å². The van der Waals surface area contributed by atoms with Crippen LogP contribution < -0.4 is 42.8 Å². The standard InChI is InChI=1S/2C8H11N5O4.C8H6O4/c2*14-2-9-6-1-13(12-5-17)8(11-4-16)7(6)10-3-15;9-7(10)5-3-1-2-4-6(5)8(11)12/h2*2-6H,1H2,(H,9,14)(H,10,15)(H,11,16)(H,12,17);1-4H,(H,9,10)(H,11,12). The zero-order valence-electron chi connectivity index (χ0n) is 23.4. The minimum absolute atomic E-state index is 0.184. The lowest BCUT2D eigenvalue weighted by atomic mass is 10.1. The first-order chi connectivity index (χ1) is 22.2. The van der Waals surface area contributed by atoms with Gasteiger partial charge in [0, 0.05) is 0 Å². The SMILES string of the molecule is O=C(O)c1ccccc1C(=O)O.O=CNC1=C(NC=O)N(NC=O)CC1NC=O.O=CNC1=C(NC=O)N(NC=O)CC1NC=O. The molecule has 1 aromatic rings. The lowest BCUT2D eigenvalue weighted by Crippen LogP contribution is -2.42. The van der Waals surface area contributed by atoms with Crippen LogP contribution in [-0.2, 0) is 38.4 Å². The molecule has 0 aromatic heterocycles. The molecule has 0 bridgehead atoms. The van der Waals surface area contributed by atoms with Crippen LogP contribution in [0.3, 0.4) is 0 Å². The van der Waals surface area contributed by atoms with Gasteiger partial charge in [0.1, 0.15) is 11.6 Å². The highest BCUT2D eigenvalue weighted by Crippen LogP contribution is 2.17. The molecule has 0 saturated carbocycles. The number of aromatic carboxylic acids is 2. The van der Waals surface area contributed by atoms with Gasteiger partial charge in [0.15, 0.2) is 0 Å². The van der Waals surface area contributed by atoms with Gasteiger partial charge in [-0.25, -0.2) is 9.59 Å². The molecule has 8 amide bonds. The zero-order chi connectivity index (χ0) is 34.5. The second-order valence-electron chi connectivity index (χ2n) is 8.12. The molecule has 0 aliphatic carbocycles. The highest BCUT2D eigenvalue weighted by Gasteiger charge is 2.32. The lowest BCUT2D eigenvalue weighted by molar-refractivity contribution is -0.114. The molecule has 0 saturated heterocycles. The summed E-state index contributed by atoms with van der Waals surface area (Å²) in [6, 6.07) is 4.41. The van der Waals surface area contributed by atoms with Crippen molar-refractivity contribution in [3.8, 4) is 0 Å². The van der Waals surface area contributed by atoms with Crippen LogP contribution in [0.2, 0.25) is 0 Å². The molecule has 46 heavy (non-hydrogen) atoms. The van der Waals surface area contributed by atoms with Gasteiger partial charge in [0.2, 0.25) is 51.3 Å². The normalized spacial score (nSPS) is 16.0. The number of amides is 8. The first-order valence-corrected chi connectivity index (χ1v) is 12.4. The minimum atomic E-state index is -1.23. The highest BCUT2D eigenvalue weighted by atomic mass is 16.4. The molecule has 0 spiro atoms. The number of benzene rings is 1. The van der Waals surface area contributed by atoms with Crippen molar-refractivity contribution in [2.75, 3.05) is 13.1 Å². The molecule has 3 rings (SSSR count). The van der Waals surface area contributed by atoms with Gasteiger partial charge in [-0.05, 0) is 12.1 Å². The van der Waals surface area contributed by atoms with Gasteiger partial charge in [-0.2, -0.15) is 0 Å². The van der Waals surface area contributed by atoms with Gasteiger partial charge in [-0.1, -0.05) is 12.1 Å². The van der Waals surface area contributed by atoms with E-state index in [4.69, 9.17) is 10.2 Å². The Morgan fingerprint density at radius 3 is 1.17 bits per heavy atom. The molecular formula is C24H28N10O12. The fourth-order valence-electron chi connectivity index (χ4n) is 3.89. The first kappa shape index (κ1) is 37.0. The maximum Gasteiger partial charge on any atom is 0.336 e. The molecule has 2 heterocycles. The van der Waals surface area contributed by atoms with E-state index in [1.807, 2.05) is 0 Å². The van der Waals surface area contributed by atoms with Gasteiger partial charge in [0.05, 0.1) is 47.7 Å². The predicted molar refractivity (Wildman–Crippen MR) is 149 cm³/mol. The van der Waals surface area contributed by atoms with Crippen LogP contribution in [0.1, 0.15) is 20.7 Å². The van der Waals surface area contributed by atoms with E-state index in [0.717, 1.165) is 0 Å². The maximum absolute atomic E-state index is 10.5. The number of hydrazine groups is 2. The van der Waals surface area contributed by atoms with Crippen LogP contribution in [0.25, 0.3) is 0 Å². The van der Waals surface area contributed by atoms with Crippen molar-refractivity contribution in [2.45, 2.75) is 12.1 Å². The smallest absolute Gasteiger partial charge is 0.336 e. The van der Waals surface area contributed by atoms with Gasteiger partial charge in [-0.3, -0.25) is 59.2 Å². The number of carbonyl (C=O) groups is 10. The van der Waals surface area contributed by atoms with E-state index in [9.17, 15) is 47.9 Å². The zero-order valence-corrected chi connectivity index (χ0v) is 23.4. The monoisotopic (exact) mass is 648 g/mol. The Balaban J connectivity index is 0.000000351. The van der Waals surface area contributed by atoms with Crippen LogP contribution in [0.5, 0.6) is 0 Å². The summed E-state index contributed by atoms with van der Waals surface area (Å²) in [5.74, 6) is -2.07. The Kier molecular flexibility index (Phi) is 16.1. The molecule has 22 heteroatoms. The highest BCUT2D eigenvalue weighted by molar-refractivity contribution is 6.01. The maximum atomic E-state index is 10.5. The molecule has 0 fully saturated rings. The second kappa shape index (κ2) is 20.0. The molecule has 0 radical (unpaired) electrons. The Labute approximate surface area is 258 Å². The molecular weight excluding hydrogens is 620 g/mol. The van der Waals surface area contributed by atoms with E-state index in [-0.39, 0.29) is 47.3 Å². The summed E-state index contributed by atoms with van der Waals surface area (Å²) in [5, 5.41) is 33.9. The molecule has 2 atom stereocenters. The average Bonchev–Trinajstić information content (AvgIpc) is 3.51. The van der Waals surface area contributed by atoms with Crippen LogP contribution >= 0.6 is 0 Å². The molecule has 246 valence electrons. The number of carboxylic acid groups (broad SMARTS) is 2. The number of nitrogens with one attached hydrogen (secondary N) is 8. The Hall–Kier alpha value is -7.00. The van der Waals surface area contributed by atoms with E-state index in [1.165, 1.54) is 34.3 Å². The average molecular weight is 649 g/mol. The van der Waals surface area contributed by atoms with Crippen molar-refractivity contribution in [2.24, 2.45) is 0 Å². The minimum Gasteiger partial charge on any atom is -0.478 e. The predicted octanol–water partition coefficient (Wildman–Crippen LogP) is -5.44. The number of hydrogen-bond acceptors (Lipinski definition) is 12. The summed E-state index contributed by atoms with van der Waals surface area (Å²) in [6.07, 6.45) is 3.34. The van der Waals surface area contributed by atoms with E-state index < -0.39 is 24.0 Å². The summed E-state index contributed by atoms with van der Waals surface area (Å²) in [4.78, 5) is 104. The van der Waals surface area contributed by atoms with Gasteiger partial charge < -0.3 is 42.1 Å². The van der Waals surface area contributed by atoms with E-state index >= 15 is 0 Å².